The molecule has 4 nitrogen and oxygen atoms in total. The molecule has 2 heterocycles. The summed E-state index contributed by atoms with van der Waals surface area (Å²) in [7, 11) is -6.93. The minimum absolute atomic E-state index is 0.537. The first kappa shape index (κ1) is 14.0. The van der Waals surface area contributed by atoms with Crippen LogP contribution in [0, 0.1) is 0 Å². The molecule has 0 amide bonds. The molecular formula is C57H40N4Si. The van der Waals surface area contributed by atoms with E-state index in [0.29, 0.717) is 4.57 Å². The van der Waals surface area contributed by atoms with E-state index in [1.807, 2.05) is 0 Å². The van der Waals surface area contributed by atoms with Crippen LogP contribution in [0.5, 0.6) is 0 Å². The molecule has 5 heteroatoms. The van der Waals surface area contributed by atoms with Crippen molar-refractivity contribution in [2.75, 3.05) is 0 Å². The Morgan fingerprint density at radius 2 is 0.774 bits per heavy atom. The molecule has 9 aromatic carbocycles. The van der Waals surface area contributed by atoms with Gasteiger partial charge in [-0.15, -0.1) is 0 Å². The number of para-hydroxylation sites is 1. The van der Waals surface area contributed by atoms with Gasteiger partial charge >= 0.3 is 0 Å². The van der Waals surface area contributed by atoms with Crippen molar-refractivity contribution in [3.63, 3.8) is 0 Å². The van der Waals surface area contributed by atoms with Crippen LogP contribution >= 0.6 is 0 Å². The van der Waals surface area contributed by atoms with Gasteiger partial charge in [0.05, 0.1) is 65.9 Å². The highest BCUT2D eigenvalue weighted by Crippen LogP contribution is 2.38. The molecule has 0 bridgehead atoms. The van der Waals surface area contributed by atoms with Crippen molar-refractivity contribution in [2.45, 2.75) is 0 Å². The van der Waals surface area contributed by atoms with E-state index in [0.717, 1.165) is 0 Å². The van der Waals surface area contributed by atoms with Gasteiger partial charge in [0, 0.05) is 21.9 Å². The van der Waals surface area contributed by atoms with E-state index in [1.54, 1.807) is 0 Å². The van der Waals surface area contributed by atoms with Gasteiger partial charge in [-0.05, 0) is 55.1 Å². The summed E-state index contributed by atoms with van der Waals surface area (Å²) in [6, 6.07) is -49.9. The van der Waals surface area contributed by atoms with Crippen LogP contribution < -0.4 is 20.7 Å². The van der Waals surface area contributed by atoms with Crippen molar-refractivity contribution in [1.29, 1.82) is 0 Å². The van der Waals surface area contributed by atoms with Crippen molar-refractivity contribution in [3.8, 4) is 51.0 Å². The van der Waals surface area contributed by atoms with Crippen molar-refractivity contribution in [1.82, 2.24) is 19.5 Å². The van der Waals surface area contributed by atoms with Crippen LogP contribution in [-0.2, 0) is 0 Å². The standard InChI is InChI=1S/C57H40N4Si/c1-6-21-41(22-7-1)44-27-18-33-48(39-44)62(46-29-12-4-13-30-46,47-31-14-5-15-32-47)49-34-19-28-45(40-49)56-58-55(43-25-10-3-11-26-43)59-57(60-56)61-52-37-17-16-35-51(52)54-50(36-20-38-53(54)61)42-23-8-2-9-24-42/h1-40H/i1D,2D,3D,4D,5D,6D,7D,8D,9D,10D,11D,12D,13D,14D,15D,16D,17D,18D,19D,20D,21D,22D,23D,24D,25D,26D,27D,28D,29D,30D,31D,32D,33D,34D,35D,36D,37D,38D,39D,40D. The van der Waals surface area contributed by atoms with Gasteiger partial charge in [0.2, 0.25) is 5.95 Å². The van der Waals surface area contributed by atoms with Crippen molar-refractivity contribution in [3.05, 3.63) is 242 Å². The number of hydrogen-bond donors (Lipinski definition) is 0. The zero-order valence-electron chi connectivity index (χ0n) is 70.8. The maximum Gasteiger partial charge on any atom is 0.238 e. The third kappa shape index (κ3) is 6.43. The monoisotopic (exact) mass is 849 g/mol. The molecule has 11 aromatic rings. The van der Waals surface area contributed by atoms with Crippen LogP contribution in [0.2, 0.25) is 0 Å². The van der Waals surface area contributed by atoms with Crippen molar-refractivity contribution >= 4 is 50.6 Å². The zero-order valence-corrected chi connectivity index (χ0v) is 31.8. The lowest BCUT2D eigenvalue weighted by Gasteiger charge is -2.35. The highest BCUT2D eigenvalue weighted by molar-refractivity contribution is 7.20. The molecule has 0 radical (unpaired) electrons. The Labute approximate surface area is 418 Å². The van der Waals surface area contributed by atoms with E-state index >= 15 is 0 Å². The second kappa shape index (κ2) is 15.9. The Morgan fingerprint density at radius 1 is 0.339 bits per heavy atom. The summed E-state index contributed by atoms with van der Waals surface area (Å²) in [6.45, 7) is 0. The van der Waals surface area contributed by atoms with Gasteiger partial charge in [-0.3, -0.25) is 4.57 Å². The largest absolute Gasteiger partial charge is 0.278 e. The molecule has 0 saturated carbocycles. The lowest BCUT2D eigenvalue weighted by molar-refractivity contribution is 0.953. The molecule has 0 saturated heterocycles. The predicted molar refractivity (Wildman–Crippen MR) is 260 cm³/mol. The minimum atomic E-state index is -6.93. The summed E-state index contributed by atoms with van der Waals surface area (Å²) < 4.78 is 369. The molecule has 11 rings (SSSR count). The molecule has 0 spiro atoms. The fraction of sp³-hybridized carbons (Fsp3) is 0. The van der Waals surface area contributed by atoms with Crippen LogP contribution in [0.1, 0.15) is 54.8 Å². The van der Waals surface area contributed by atoms with Crippen LogP contribution in [0.25, 0.3) is 72.8 Å². The first-order chi connectivity index (χ1) is 47.4. The number of hydrogen-bond acceptors (Lipinski definition) is 3. The number of nitrogens with zero attached hydrogens (tertiary/aromatic N) is 4. The molecule has 0 aliphatic heterocycles. The van der Waals surface area contributed by atoms with Crippen LogP contribution in [-0.4, -0.2) is 27.6 Å². The highest BCUT2D eigenvalue weighted by Gasteiger charge is 2.42. The molecule has 0 N–H and O–H groups in total. The molecule has 62 heavy (non-hydrogen) atoms. The lowest BCUT2D eigenvalue weighted by atomic mass is 9.99. The average Bonchev–Trinajstić information content (AvgIpc) is 0.878. The third-order valence-electron chi connectivity index (χ3n) is 9.24. The maximum absolute atomic E-state index is 10.7. The second-order valence-electron chi connectivity index (χ2n) is 12.6. The van der Waals surface area contributed by atoms with Gasteiger partial charge < -0.3 is 0 Å². The SMILES string of the molecule is [2H]c1c([2H])c([2H])c(-c2nc(-c3c([2H])c([2H])c([2H])c([Si](c4c([2H])c([2H])c([2H])c([2H])c4[2H])(c4c([2H])c([2H])c([2H])c([2H])c4[2H])c4c([2H])c([2H])c([2H])c(-c5c([2H])c([2H])c([2H])c([2H])c5[2H])c4[2H])c3[2H])nc(-n3c4c([2H])c([2H])c([2H])c([2H])c4c4c(-c5c([2H])c([2H])c([2H])c([2H])c5[2H])c([2H])c([2H])c([2H])c43)n2)c([2H])c1[2H]. The molecule has 2 aromatic heterocycles. The summed E-state index contributed by atoms with van der Waals surface area (Å²) in [6.07, 6.45) is 0. The molecule has 0 fully saturated rings. The van der Waals surface area contributed by atoms with E-state index in [9.17, 15) is 26.0 Å². The maximum atomic E-state index is 10.7. The molecule has 0 unspecified atom stereocenters. The Kier molecular flexibility index (Phi) is 3.59. The minimum Gasteiger partial charge on any atom is -0.278 e. The van der Waals surface area contributed by atoms with E-state index in [-0.39, 0.29) is 0 Å². The van der Waals surface area contributed by atoms with Gasteiger partial charge in [-0.2, -0.15) is 9.97 Å². The van der Waals surface area contributed by atoms with Crippen LogP contribution in [0.3, 0.4) is 0 Å². The zero-order chi connectivity index (χ0) is 76.1. The number of benzene rings is 9. The first-order valence-electron chi connectivity index (χ1n) is 37.8. The Hall–Kier alpha value is -7.99. The molecule has 0 atom stereocenters. The smallest absolute Gasteiger partial charge is 0.238 e. The number of fused-ring (bicyclic) bond motifs is 3. The van der Waals surface area contributed by atoms with E-state index in [4.69, 9.17) is 28.8 Å². The van der Waals surface area contributed by atoms with Crippen LogP contribution in [0.4, 0.5) is 0 Å². The summed E-state index contributed by atoms with van der Waals surface area (Å²) in [4.78, 5) is 13.3. The van der Waals surface area contributed by atoms with E-state index < -0.39 is 343 Å². The first-order valence-corrected chi connectivity index (χ1v) is 19.8. The average molecular weight is 849 g/mol. The number of aromatic nitrogens is 4. The van der Waals surface area contributed by atoms with Crippen molar-refractivity contribution < 1.29 is 54.8 Å². The Bertz CT molecular complexity index is 5520. The highest BCUT2D eigenvalue weighted by atomic mass is 28.3. The third-order valence-corrected chi connectivity index (χ3v) is 13.2. The molecule has 0 aliphatic rings. The predicted octanol–water partition coefficient (Wildman–Crippen LogP) is 11.0. The fourth-order valence-electron chi connectivity index (χ4n) is 6.69. The number of rotatable bonds is 9. The topological polar surface area (TPSA) is 43.6 Å². The van der Waals surface area contributed by atoms with Gasteiger partial charge in [-0.25, -0.2) is 4.98 Å². The summed E-state index contributed by atoms with van der Waals surface area (Å²) in [5, 5.41) is -7.17. The summed E-state index contributed by atoms with van der Waals surface area (Å²) in [5.41, 5.74) is -8.20. The Balaban J connectivity index is 1.48. The summed E-state index contributed by atoms with van der Waals surface area (Å²) >= 11 is 0. The van der Waals surface area contributed by atoms with E-state index in [2.05, 4.69) is 15.0 Å². The Morgan fingerprint density at radius 3 is 1.40 bits per heavy atom. The molecule has 292 valence electrons. The quantitative estimate of drug-likeness (QED) is 0.107. The van der Waals surface area contributed by atoms with Gasteiger partial charge in [-0.1, -0.05) is 230 Å². The summed E-state index contributed by atoms with van der Waals surface area (Å²) in [5.74, 6) is -3.74. The van der Waals surface area contributed by atoms with Crippen LogP contribution in [0.15, 0.2) is 242 Å². The lowest BCUT2D eigenvalue weighted by Crippen LogP contribution is -2.74. The second-order valence-corrected chi connectivity index (χ2v) is 16.1. The van der Waals surface area contributed by atoms with Gasteiger partial charge in [0.15, 0.2) is 19.7 Å². The molecular weight excluding hydrogens is 769 g/mol. The fourth-order valence-corrected chi connectivity index (χ4v) is 10.3. The van der Waals surface area contributed by atoms with Crippen molar-refractivity contribution in [2.24, 2.45) is 0 Å². The van der Waals surface area contributed by atoms with Gasteiger partial charge in [0.1, 0.15) is 0 Å². The van der Waals surface area contributed by atoms with Gasteiger partial charge in [0.25, 0.3) is 0 Å². The molecule has 0 aliphatic carbocycles. The van der Waals surface area contributed by atoms with E-state index in [1.165, 1.54) is 0 Å². The normalized spacial score (nSPS) is 20.6.